The van der Waals surface area contributed by atoms with Crippen LogP contribution in [0.15, 0.2) is 42.5 Å². The average Bonchev–Trinajstić information content (AvgIpc) is 3.10. The normalized spacial score (nSPS) is 16.9. The number of aryl methyl sites for hydroxylation is 1. The van der Waals surface area contributed by atoms with Crippen molar-refractivity contribution < 1.29 is 9.53 Å². The van der Waals surface area contributed by atoms with Gasteiger partial charge in [-0.25, -0.2) is 4.79 Å². The monoisotopic (exact) mass is 387 g/mol. The van der Waals surface area contributed by atoms with Gasteiger partial charge >= 0.3 is 6.03 Å². The van der Waals surface area contributed by atoms with Gasteiger partial charge in [-0.1, -0.05) is 41.4 Å². The number of nitrogens with one attached hydrogen (secondary N) is 2. The standard InChI is InChI=1S/C21H26ClN3O2/c1-15-3-5-16(6-4-15)13-25-10-9-17(14-25)12-23-21(26)24-19-11-18(22)7-8-20(19)27-2/h3-8,11,17H,9-10,12-14H2,1-2H3,(H2,23,24,26)/t17-/m0/s1. The van der Waals surface area contributed by atoms with Gasteiger partial charge in [-0.05, 0) is 49.6 Å². The number of methoxy groups -OCH3 is 1. The first-order chi connectivity index (χ1) is 13.0. The summed E-state index contributed by atoms with van der Waals surface area (Å²) in [5.41, 5.74) is 3.18. The largest absolute Gasteiger partial charge is 0.495 e. The highest BCUT2D eigenvalue weighted by atomic mass is 35.5. The summed E-state index contributed by atoms with van der Waals surface area (Å²) in [4.78, 5) is 14.7. The molecule has 0 aromatic heterocycles. The van der Waals surface area contributed by atoms with Gasteiger partial charge < -0.3 is 15.4 Å². The van der Waals surface area contributed by atoms with Gasteiger partial charge in [0.25, 0.3) is 0 Å². The molecule has 2 N–H and O–H groups in total. The highest BCUT2D eigenvalue weighted by molar-refractivity contribution is 6.31. The average molecular weight is 388 g/mol. The van der Waals surface area contributed by atoms with Gasteiger partial charge in [0.05, 0.1) is 12.8 Å². The maximum Gasteiger partial charge on any atom is 0.319 e. The number of benzene rings is 2. The van der Waals surface area contributed by atoms with Crippen LogP contribution < -0.4 is 15.4 Å². The topological polar surface area (TPSA) is 53.6 Å². The summed E-state index contributed by atoms with van der Waals surface area (Å²) in [5, 5.41) is 6.32. The van der Waals surface area contributed by atoms with Crippen LogP contribution in [0.5, 0.6) is 5.75 Å². The molecule has 1 heterocycles. The van der Waals surface area contributed by atoms with Gasteiger partial charge in [0.1, 0.15) is 5.75 Å². The number of anilines is 1. The fourth-order valence-electron chi connectivity index (χ4n) is 3.36. The number of rotatable bonds is 6. The fourth-order valence-corrected chi connectivity index (χ4v) is 3.53. The van der Waals surface area contributed by atoms with Gasteiger partial charge in [-0.3, -0.25) is 4.90 Å². The molecule has 0 radical (unpaired) electrons. The lowest BCUT2D eigenvalue weighted by Crippen LogP contribution is -2.34. The summed E-state index contributed by atoms with van der Waals surface area (Å²) < 4.78 is 5.25. The van der Waals surface area contributed by atoms with E-state index in [2.05, 4.69) is 46.7 Å². The first-order valence-electron chi connectivity index (χ1n) is 9.20. The number of urea groups is 1. The van der Waals surface area contributed by atoms with Crippen LogP contribution in [0, 0.1) is 12.8 Å². The van der Waals surface area contributed by atoms with E-state index >= 15 is 0 Å². The summed E-state index contributed by atoms with van der Waals surface area (Å²) in [7, 11) is 1.56. The van der Waals surface area contributed by atoms with Crippen molar-refractivity contribution >= 4 is 23.3 Å². The predicted molar refractivity (Wildman–Crippen MR) is 110 cm³/mol. The van der Waals surface area contributed by atoms with Crippen LogP contribution in [0.4, 0.5) is 10.5 Å². The van der Waals surface area contributed by atoms with Gasteiger partial charge in [-0.2, -0.15) is 0 Å². The molecule has 144 valence electrons. The zero-order valence-electron chi connectivity index (χ0n) is 15.8. The third-order valence-electron chi connectivity index (χ3n) is 4.86. The van der Waals surface area contributed by atoms with Crippen molar-refractivity contribution in [2.75, 3.05) is 32.1 Å². The molecule has 2 amide bonds. The molecule has 5 nitrogen and oxygen atoms in total. The number of ether oxygens (including phenoxy) is 1. The van der Waals surface area contributed by atoms with Crippen LogP contribution in [0.2, 0.25) is 5.02 Å². The number of hydrogen-bond donors (Lipinski definition) is 2. The van der Waals surface area contributed by atoms with Crippen molar-refractivity contribution in [3.05, 3.63) is 58.6 Å². The molecule has 1 atom stereocenters. The van der Waals surface area contributed by atoms with E-state index < -0.39 is 0 Å². The lowest BCUT2D eigenvalue weighted by Gasteiger charge is -2.17. The fraction of sp³-hybridized carbons (Fsp3) is 0.381. The number of hydrogen-bond acceptors (Lipinski definition) is 3. The summed E-state index contributed by atoms with van der Waals surface area (Å²) in [5.74, 6) is 1.04. The zero-order chi connectivity index (χ0) is 19.2. The first-order valence-corrected chi connectivity index (χ1v) is 9.57. The van der Waals surface area contributed by atoms with Crippen LogP contribution in [0.25, 0.3) is 0 Å². The Labute approximate surface area is 165 Å². The molecule has 0 spiro atoms. The number of carbonyl (C=O) groups is 1. The Kier molecular flexibility index (Phi) is 6.58. The number of carbonyl (C=O) groups excluding carboxylic acids is 1. The number of nitrogens with zero attached hydrogens (tertiary/aromatic N) is 1. The molecule has 1 aliphatic heterocycles. The second kappa shape index (κ2) is 9.11. The molecular formula is C21H26ClN3O2. The van der Waals surface area contributed by atoms with Crippen molar-refractivity contribution in [1.82, 2.24) is 10.2 Å². The van der Waals surface area contributed by atoms with E-state index in [1.54, 1.807) is 25.3 Å². The number of halogens is 1. The van der Waals surface area contributed by atoms with Gasteiger partial charge in [0.2, 0.25) is 0 Å². The maximum atomic E-state index is 12.2. The molecule has 1 saturated heterocycles. The van der Waals surface area contributed by atoms with Crippen molar-refractivity contribution in [3.63, 3.8) is 0 Å². The zero-order valence-corrected chi connectivity index (χ0v) is 16.6. The Balaban J connectivity index is 1.44. The van der Waals surface area contributed by atoms with E-state index in [1.807, 2.05) is 0 Å². The van der Waals surface area contributed by atoms with E-state index in [9.17, 15) is 4.79 Å². The first kappa shape index (κ1) is 19.5. The number of likely N-dealkylation sites (tertiary alicyclic amines) is 1. The second-order valence-electron chi connectivity index (χ2n) is 7.06. The molecule has 2 aromatic carbocycles. The second-order valence-corrected chi connectivity index (χ2v) is 7.49. The van der Waals surface area contributed by atoms with Crippen LogP contribution in [-0.4, -0.2) is 37.7 Å². The minimum atomic E-state index is -0.243. The minimum absolute atomic E-state index is 0.243. The minimum Gasteiger partial charge on any atom is -0.495 e. The van der Waals surface area contributed by atoms with Crippen LogP contribution in [-0.2, 0) is 6.54 Å². The lowest BCUT2D eigenvalue weighted by atomic mass is 10.1. The van der Waals surface area contributed by atoms with Crippen molar-refractivity contribution in [1.29, 1.82) is 0 Å². The Morgan fingerprint density at radius 3 is 2.78 bits per heavy atom. The van der Waals surface area contributed by atoms with Crippen molar-refractivity contribution in [2.24, 2.45) is 5.92 Å². The Morgan fingerprint density at radius 2 is 2.04 bits per heavy atom. The van der Waals surface area contributed by atoms with E-state index in [0.29, 0.717) is 28.9 Å². The molecule has 1 aliphatic rings. The third kappa shape index (κ3) is 5.62. The Bertz CT molecular complexity index is 779. The molecule has 3 rings (SSSR count). The van der Waals surface area contributed by atoms with Crippen molar-refractivity contribution in [3.8, 4) is 5.75 Å². The lowest BCUT2D eigenvalue weighted by molar-refractivity contribution is 0.249. The number of amides is 2. The van der Waals surface area contributed by atoms with Crippen LogP contribution in [0.3, 0.4) is 0 Å². The van der Waals surface area contributed by atoms with E-state index in [-0.39, 0.29) is 6.03 Å². The molecule has 1 fully saturated rings. The Hall–Kier alpha value is -2.24. The molecule has 0 unspecified atom stereocenters. The van der Waals surface area contributed by atoms with Crippen molar-refractivity contribution in [2.45, 2.75) is 19.9 Å². The molecule has 0 aliphatic carbocycles. The summed E-state index contributed by atoms with van der Waals surface area (Å²) in [6.45, 7) is 5.77. The van der Waals surface area contributed by atoms with Gasteiger partial charge in [0, 0.05) is 24.7 Å². The molecule has 2 aromatic rings. The summed E-state index contributed by atoms with van der Waals surface area (Å²) in [6.07, 6.45) is 1.09. The van der Waals surface area contributed by atoms with E-state index in [0.717, 1.165) is 26.1 Å². The molecule has 6 heteroatoms. The van der Waals surface area contributed by atoms with E-state index in [1.165, 1.54) is 11.1 Å². The Morgan fingerprint density at radius 1 is 1.26 bits per heavy atom. The summed E-state index contributed by atoms with van der Waals surface area (Å²) in [6, 6.07) is 13.6. The summed E-state index contributed by atoms with van der Waals surface area (Å²) >= 11 is 6.00. The van der Waals surface area contributed by atoms with Gasteiger partial charge in [0.15, 0.2) is 0 Å². The highest BCUT2D eigenvalue weighted by Crippen LogP contribution is 2.27. The smallest absolute Gasteiger partial charge is 0.319 e. The SMILES string of the molecule is COc1ccc(Cl)cc1NC(=O)NC[C@@H]1CCN(Cc2ccc(C)cc2)C1. The molecule has 27 heavy (non-hydrogen) atoms. The molecule has 0 saturated carbocycles. The third-order valence-corrected chi connectivity index (χ3v) is 5.09. The van der Waals surface area contributed by atoms with Gasteiger partial charge in [-0.15, -0.1) is 0 Å². The predicted octanol–water partition coefficient (Wildman–Crippen LogP) is 4.30. The van der Waals surface area contributed by atoms with Crippen LogP contribution in [0.1, 0.15) is 17.5 Å². The highest BCUT2D eigenvalue weighted by Gasteiger charge is 2.23. The van der Waals surface area contributed by atoms with E-state index in [4.69, 9.17) is 16.3 Å². The molecular weight excluding hydrogens is 362 g/mol. The maximum absolute atomic E-state index is 12.2. The molecule has 0 bridgehead atoms. The van der Waals surface area contributed by atoms with Crippen LogP contribution >= 0.6 is 11.6 Å². The quantitative estimate of drug-likeness (QED) is 0.776.